The highest BCUT2D eigenvalue weighted by Gasteiger charge is 2.31. The van der Waals surface area contributed by atoms with E-state index in [-0.39, 0.29) is 17.1 Å². The summed E-state index contributed by atoms with van der Waals surface area (Å²) in [7, 11) is -3.77. The lowest BCUT2D eigenvalue weighted by Crippen LogP contribution is -2.29. The van der Waals surface area contributed by atoms with Gasteiger partial charge in [0.2, 0.25) is 0 Å². The van der Waals surface area contributed by atoms with E-state index in [4.69, 9.17) is 5.11 Å². The molecule has 0 bridgehead atoms. The summed E-state index contributed by atoms with van der Waals surface area (Å²) in [5, 5.41) is 10.9. The van der Waals surface area contributed by atoms with Crippen molar-refractivity contribution in [1.82, 2.24) is 4.98 Å². The van der Waals surface area contributed by atoms with Crippen LogP contribution in [0.15, 0.2) is 65.6 Å². The Hall–Kier alpha value is -3.27. The van der Waals surface area contributed by atoms with Gasteiger partial charge in [0, 0.05) is 18.7 Å². The van der Waals surface area contributed by atoms with E-state index < -0.39 is 15.9 Å². The average Bonchev–Trinajstić information content (AvgIpc) is 3.44. The summed E-state index contributed by atoms with van der Waals surface area (Å²) in [4.78, 5) is 17.5. The van der Waals surface area contributed by atoms with E-state index in [9.17, 15) is 13.2 Å². The summed E-state index contributed by atoms with van der Waals surface area (Å²) in [5.41, 5.74) is 5.02. The molecule has 2 heterocycles. The number of amides is 1. The number of aromatic nitrogens is 1. The Balaban J connectivity index is 0.000000917. The number of hydrogen-bond acceptors (Lipinski definition) is 6. The van der Waals surface area contributed by atoms with Crippen LogP contribution in [0.4, 0.5) is 10.8 Å². The van der Waals surface area contributed by atoms with Crippen LogP contribution in [-0.2, 0) is 16.4 Å². The van der Waals surface area contributed by atoms with Crippen LogP contribution in [0.2, 0.25) is 0 Å². The van der Waals surface area contributed by atoms with Crippen LogP contribution in [0.5, 0.6) is 0 Å². The molecule has 0 spiro atoms. The molecule has 0 atom stereocenters. The number of nitrogens with one attached hydrogen (secondary N) is 1. The van der Waals surface area contributed by atoms with E-state index in [1.54, 1.807) is 19.1 Å². The summed E-state index contributed by atoms with van der Waals surface area (Å²) in [6.45, 7) is 6.34. The number of aliphatic hydroxyl groups is 1. The van der Waals surface area contributed by atoms with E-state index in [1.807, 2.05) is 44.2 Å². The van der Waals surface area contributed by atoms with E-state index in [0.29, 0.717) is 23.8 Å². The summed E-state index contributed by atoms with van der Waals surface area (Å²) in [6.07, 6.45) is 0.673. The molecule has 0 unspecified atom stereocenters. The zero-order valence-corrected chi connectivity index (χ0v) is 21.4. The predicted molar refractivity (Wildman–Crippen MR) is 141 cm³/mol. The van der Waals surface area contributed by atoms with Gasteiger partial charge in [-0.05, 0) is 74.2 Å². The monoisotopic (exact) mass is 509 g/mol. The van der Waals surface area contributed by atoms with Crippen molar-refractivity contribution in [2.45, 2.75) is 32.1 Å². The van der Waals surface area contributed by atoms with Crippen molar-refractivity contribution in [3.05, 3.63) is 82.9 Å². The smallest absolute Gasteiger partial charge is 0.264 e. The van der Waals surface area contributed by atoms with Gasteiger partial charge >= 0.3 is 0 Å². The quantitative estimate of drug-likeness (QED) is 0.407. The van der Waals surface area contributed by atoms with Crippen molar-refractivity contribution in [2.75, 3.05) is 22.8 Å². The fraction of sp³-hybridized carbons (Fsp3) is 0.231. The van der Waals surface area contributed by atoms with Crippen molar-refractivity contribution in [3.8, 4) is 0 Å². The minimum Gasteiger partial charge on any atom is -0.397 e. The Labute approximate surface area is 209 Å². The topological polar surface area (TPSA) is 99.6 Å². The summed E-state index contributed by atoms with van der Waals surface area (Å²) >= 11 is 1.40. The molecular formula is C26H27N3O4S2. The number of benzene rings is 3. The Morgan fingerprint density at radius 3 is 2.63 bits per heavy atom. The number of hydrogen-bond donors (Lipinski definition) is 2. The second kappa shape index (κ2) is 10.2. The molecule has 9 heteroatoms. The summed E-state index contributed by atoms with van der Waals surface area (Å²) in [5.74, 6) is -0.391. The highest BCUT2D eigenvalue weighted by Crippen LogP contribution is 2.33. The van der Waals surface area contributed by atoms with Crippen molar-refractivity contribution in [3.63, 3.8) is 0 Å². The number of fused-ring (bicyclic) bond motifs is 2. The second-order valence-electron chi connectivity index (χ2n) is 8.20. The Morgan fingerprint density at radius 2 is 1.86 bits per heavy atom. The fourth-order valence-electron chi connectivity index (χ4n) is 4.08. The van der Waals surface area contributed by atoms with Crippen molar-refractivity contribution in [2.24, 2.45) is 0 Å². The first-order valence-corrected chi connectivity index (χ1v) is 13.5. The third kappa shape index (κ3) is 5.07. The molecule has 4 aromatic rings. The maximum atomic E-state index is 13.3. The molecule has 1 aliphatic rings. The van der Waals surface area contributed by atoms with Crippen LogP contribution in [0.3, 0.4) is 0 Å². The number of carbonyl (C=O) groups is 1. The van der Waals surface area contributed by atoms with Crippen LogP contribution < -0.4 is 9.62 Å². The molecule has 1 aliphatic heterocycles. The molecule has 35 heavy (non-hydrogen) atoms. The third-order valence-corrected chi connectivity index (χ3v) is 8.31. The normalized spacial score (nSPS) is 12.7. The number of sulfonamides is 1. The van der Waals surface area contributed by atoms with E-state index in [1.165, 1.54) is 27.8 Å². The van der Waals surface area contributed by atoms with Gasteiger partial charge < -0.3 is 5.11 Å². The number of aliphatic hydroxyl groups excluding tert-OH is 1. The molecule has 5 rings (SSSR count). The van der Waals surface area contributed by atoms with Crippen LogP contribution in [0, 0.1) is 13.8 Å². The number of anilines is 2. The van der Waals surface area contributed by atoms with Gasteiger partial charge in [-0.25, -0.2) is 13.4 Å². The van der Waals surface area contributed by atoms with Gasteiger partial charge in [-0.15, -0.1) is 0 Å². The molecule has 0 saturated carbocycles. The molecule has 0 aliphatic carbocycles. The molecule has 1 aromatic heterocycles. The molecule has 7 nitrogen and oxygen atoms in total. The summed E-state index contributed by atoms with van der Waals surface area (Å²) in [6, 6.07) is 17.7. The van der Waals surface area contributed by atoms with Crippen LogP contribution >= 0.6 is 11.3 Å². The molecule has 2 N–H and O–H groups in total. The summed E-state index contributed by atoms with van der Waals surface area (Å²) < 4.78 is 29.0. The van der Waals surface area contributed by atoms with Gasteiger partial charge in [0.1, 0.15) is 0 Å². The number of rotatable bonds is 4. The zero-order valence-electron chi connectivity index (χ0n) is 19.8. The highest BCUT2D eigenvalue weighted by molar-refractivity contribution is 7.92. The molecule has 1 amide bonds. The van der Waals surface area contributed by atoms with Crippen molar-refractivity contribution >= 4 is 48.3 Å². The maximum Gasteiger partial charge on any atom is 0.264 e. The molecular weight excluding hydrogens is 482 g/mol. The second-order valence-corrected chi connectivity index (χ2v) is 11.1. The standard InChI is InChI=1S/C24H21N3O3S2.C2H6O/c1-15-12-16(2)22-21(13-15)31-24(25-22)26-23(28)18-7-5-8-19(14-18)32(29,30)27-11-10-17-6-3-4-9-20(17)27;1-2-3/h3-9,12-14H,10-11H2,1-2H3,(H,25,26,28);3H,2H2,1H3. The van der Waals surface area contributed by atoms with Gasteiger partial charge in [0.05, 0.1) is 20.8 Å². The van der Waals surface area contributed by atoms with Gasteiger partial charge in [-0.3, -0.25) is 14.4 Å². The zero-order chi connectivity index (χ0) is 25.2. The van der Waals surface area contributed by atoms with Gasteiger partial charge in [-0.2, -0.15) is 0 Å². The van der Waals surface area contributed by atoms with Crippen molar-refractivity contribution < 1.29 is 18.3 Å². The molecule has 3 aromatic carbocycles. The van der Waals surface area contributed by atoms with Crippen molar-refractivity contribution in [1.29, 1.82) is 0 Å². The third-order valence-electron chi connectivity index (χ3n) is 5.58. The molecule has 0 fully saturated rings. The van der Waals surface area contributed by atoms with E-state index in [0.717, 1.165) is 26.9 Å². The highest BCUT2D eigenvalue weighted by atomic mass is 32.2. The van der Waals surface area contributed by atoms with Crippen LogP contribution in [-0.4, -0.2) is 37.6 Å². The van der Waals surface area contributed by atoms with Crippen LogP contribution in [0.1, 0.15) is 34.0 Å². The number of para-hydroxylation sites is 1. The number of carbonyl (C=O) groups excluding carboxylic acids is 1. The Bertz CT molecular complexity index is 1500. The lowest BCUT2D eigenvalue weighted by Gasteiger charge is -2.19. The number of thiazole rings is 1. The first-order valence-electron chi connectivity index (χ1n) is 11.2. The molecule has 0 radical (unpaired) electrons. The fourth-order valence-corrected chi connectivity index (χ4v) is 6.66. The minimum atomic E-state index is -3.77. The van der Waals surface area contributed by atoms with E-state index in [2.05, 4.69) is 16.4 Å². The number of nitrogens with zero attached hydrogens (tertiary/aromatic N) is 2. The predicted octanol–water partition coefficient (Wildman–Crippen LogP) is 4.92. The van der Waals surface area contributed by atoms with Gasteiger partial charge in [0.15, 0.2) is 5.13 Å². The van der Waals surface area contributed by atoms with Gasteiger partial charge in [-0.1, -0.05) is 41.7 Å². The van der Waals surface area contributed by atoms with E-state index >= 15 is 0 Å². The average molecular weight is 510 g/mol. The number of aryl methyl sites for hydroxylation is 2. The SMILES string of the molecule is CCO.Cc1cc(C)c2nc(NC(=O)c3cccc(S(=O)(=O)N4CCc5ccccc54)c3)sc2c1. The Kier molecular flexibility index (Phi) is 7.20. The van der Waals surface area contributed by atoms with Gasteiger partial charge in [0.25, 0.3) is 15.9 Å². The lowest BCUT2D eigenvalue weighted by atomic mass is 10.1. The Morgan fingerprint density at radius 1 is 1.11 bits per heavy atom. The first kappa shape index (κ1) is 24.8. The first-order chi connectivity index (χ1) is 16.7. The minimum absolute atomic E-state index is 0.0950. The van der Waals surface area contributed by atoms with Crippen LogP contribution in [0.25, 0.3) is 10.2 Å². The maximum absolute atomic E-state index is 13.3. The molecule has 0 saturated heterocycles. The largest absolute Gasteiger partial charge is 0.397 e. The molecule has 182 valence electrons. The lowest BCUT2D eigenvalue weighted by molar-refractivity contribution is 0.102.